The first-order valence-corrected chi connectivity index (χ1v) is 11.0. The Bertz CT molecular complexity index is 537. The van der Waals surface area contributed by atoms with Crippen LogP contribution in [0, 0.1) is 0 Å². The summed E-state index contributed by atoms with van der Waals surface area (Å²) < 4.78 is 62.3. The van der Waals surface area contributed by atoms with E-state index in [0.29, 0.717) is 34.9 Å². The van der Waals surface area contributed by atoms with Crippen molar-refractivity contribution >= 4 is 26.1 Å². The van der Waals surface area contributed by atoms with Gasteiger partial charge in [-0.1, -0.05) is 0 Å². The van der Waals surface area contributed by atoms with Crippen LogP contribution in [-0.2, 0) is 25.0 Å². The molecule has 0 aliphatic rings. The van der Waals surface area contributed by atoms with Crippen LogP contribution in [0.1, 0.15) is 19.8 Å². The molecule has 0 atom stereocenters. The summed E-state index contributed by atoms with van der Waals surface area (Å²) in [5.74, 6) is -0.828. The third-order valence-electron chi connectivity index (χ3n) is 2.45. The lowest BCUT2D eigenvalue weighted by Gasteiger charge is -2.23. The second kappa shape index (κ2) is 12.6. The fraction of sp³-hybridized carbons (Fsp3) is 0.929. The van der Waals surface area contributed by atoms with E-state index >= 15 is 0 Å². The lowest BCUT2D eigenvalue weighted by Crippen LogP contribution is -2.36. The molecule has 2 N–H and O–H groups in total. The van der Waals surface area contributed by atoms with Gasteiger partial charge in [0, 0.05) is 31.3 Å². The molecule has 1 amide bonds. The Labute approximate surface area is 158 Å². The molecular weight excluding hydrogens is 386 g/mol. The highest BCUT2D eigenvalue weighted by molar-refractivity contribution is 7.85. The molecule has 0 saturated carbocycles. The fourth-order valence-corrected chi connectivity index (χ4v) is 2.40. The zero-order chi connectivity index (χ0) is 21.8. The highest BCUT2D eigenvalue weighted by Gasteiger charge is 2.07. The summed E-state index contributed by atoms with van der Waals surface area (Å²) in [5, 5.41) is 0. The maximum Gasteiger partial charge on any atom is 0.214 e. The van der Waals surface area contributed by atoms with Gasteiger partial charge in [-0.05, 0) is 0 Å². The molecule has 160 valence electrons. The summed E-state index contributed by atoms with van der Waals surface area (Å²) in [4.78, 5) is 9.22. The zero-order valence-corrected chi connectivity index (χ0v) is 18.5. The predicted octanol–water partition coefficient (Wildman–Crippen LogP) is -1.25. The number of rotatable bonds is 8. The van der Waals surface area contributed by atoms with Crippen molar-refractivity contribution in [2.75, 3.05) is 66.9 Å². The summed E-state index contributed by atoms with van der Waals surface area (Å²) >= 11 is 0. The summed E-state index contributed by atoms with van der Waals surface area (Å²) in [6.07, 6.45) is 0.880. The van der Waals surface area contributed by atoms with Crippen LogP contribution < -0.4 is 5.73 Å². The Morgan fingerprint density at radius 1 is 0.769 bits per heavy atom. The third kappa shape index (κ3) is 49.5. The summed E-state index contributed by atoms with van der Waals surface area (Å²) in [7, 11) is 3.72. The molecule has 0 aliphatic carbocycles. The largest absolute Gasteiger partial charge is 0.748 e. The molecular formula is C14H35N3O7S2. The van der Waals surface area contributed by atoms with Gasteiger partial charge < -0.3 is 23.8 Å². The van der Waals surface area contributed by atoms with Gasteiger partial charge >= 0.3 is 0 Å². The second-order valence-electron chi connectivity index (χ2n) is 7.87. The van der Waals surface area contributed by atoms with Gasteiger partial charge in [0.05, 0.1) is 75.6 Å². The number of hydrogen-bond acceptors (Lipinski definition) is 7. The van der Waals surface area contributed by atoms with E-state index in [-0.39, 0.29) is 17.4 Å². The van der Waals surface area contributed by atoms with Gasteiger partial charge in [-0.15, -0.1) is 0 Å². The Balaban J connectivity index is -0.000000338. The van der Waals surface area contributed by atoms with Crippen LogP contribution in [-0.4, -0.2) is 108 Å². The predicted molar refractivity (Wildman–Crippen MR) is 99.0 cm³/mol. The van der Waals surface area contributed by atoms with E-state index in [1.165, 1.54) is 6.92 Å². The third-order valence-corrected chi connectivity index (χ3v) is 4.02. The number of quaternary nitrogens is 2. The van der Waals surface area contributed by atoms with E-state index < -0.39 is 20.2 Å². The van der Waals surface area contributed by atoms with Gasteiger partial charge in [0.1, 0.15) is 0 Å². The highest BCUT2D eigenvalue weighted by atomic mass is 32.2. The van der Waals surface area contributed by atoms with E-state index in [1.54, 1.807) is 0 Å². The molecule has 0 saturated heterocycles. The molecule has 0 unspecified atom stereocenters. The summed E-state index contributed by atoms with van der Waals surface area (Å²) in [6.45, 7) is 2.73. The Kier molecular flexibility index (Phi) is 14.5. The number of nitrogens with two attached hydrogens (primary N) is 1. The first-order valence-electron chi connectivity index (χ1n) is 7.89. The minimum absolute atomic E-state index is 0.248. The zero-order valence-electron chi connectivity index (χ0n) is 16.9. The van der Waals surface area contributed by atoms with Crippen molar-refractivity contribution < 1.29 is 39.7 Å². The van der Waals surface area contributed by atoms with Crippen molar-refractivity contribution in [3.8, 4) is 0 Å². The molecule has 0 radical (unpaired) electrons. The molecule has 0 bridgehead atoms. The van der Waals surface area contributed by atoms with Gasteiger partial charge in [0.2, 0.25) is 5.91 Å². The van der Waals surface area contributed by atoms with Crippen LogP contribution in [0.15, 0.2) is 0 Å². The lowest BCUT2D eigenvalue weighted by molar-refractivity contribution is -0.870. The van der Waals surface area contributed by atoms with E-state index in [9.17, 15) is 30.7 Å². The lowest BCUT2D eigenvalue weighted by atomic mass is 10.4. The SMILES string of the molecule is CC(N)=O.C[N+](C)(C)CCCS(=O)(=O)[O-].C[N+](C)(C)CCCS(=O)(=O)[O-]. The Morgan fingerprint density at radius 2 is 0.962 bits per heavy atom. The number of primary amides is 1. The monoisotopic (exact) mass is 421 g/mol. The van der Waals surface area contributed by atoms with Crippen LogP contribution in [0.3, 0.4) is 0 Å². The molecule has 0 aromatic carbocycles. The molecule has 26 heavy (non-hydrogen) atoms. The molecule has 0 aliphatic heterocycles. The second-order valence-corrected chi connectivity index (χ2v) is 10.9. The first kappa shape index (κ1) is 30.0. The van der Waals surface area contributed by atoms with Crippen LogP contribution >= 0.6 is 0 Å². The fourth-order valence-electron chi connectivity index (χ4n) is 1.43. The van der Waals surface area contributed by atoms with Gasteiger partial charge in [-0.2, -0.15) is 0 Å². The minimum Gasteiger partial charge on any atom is -0.748 e. The summed E-state index contributed by atoms with van der Waals surface area (Å²) in [6, 6.07) is 0. The molecule has 0 aromatic heterocycles. The number of hydrogen-bond donors (Lipinski definition) is 1. The normalized spacial score (nSPS) is 12.3. The van der Waals surface area contributed by atoms with Gasteiger partial charge in [-0.25, -0.2) is 16.8 Å². The quantitative estimate of drug-likeness (QED) is 0.378. The van der Waals surface area contributed by atoms with Crippen LogP contribution in [0.25, 0.3) is 0 Å². The van der Waals surface area contributed by atoms with Gasteiger partial charge in [0.25, 0.3) is 0 Å². The van der Waals surface area contributed by atoms with Crippen LogP contribution in [0.2, 0.25) is 0 Å². The number of nitrogens with zero attached hydrogens (tertiary/aromatic N) is 2. The number of carbonyl (C=O) groups is 1. The van der Waals surface area contributed by atoms with Crippen molar-refractivity contribution in [3.63, 3.8) is 0 Å². The maximum atomic E-state index is 10.2. The van der Waals surface area contributed by atoms with Gasteiger partial charge in [-0.3, -0.25) is 4.79 Å². The molecule has 0 heterocycles. The smallest absolute Gasteiger partial charge is 0.214 e. The van der Waals surface area contributed by atoms with Crippen LogP contribution in [0.4, 0.5) is 0 Å². The maximum absolute atomic E-state index is 10.2. The van der Waals surface area contributed by atoms with Crippen molar-refractivity contribution in [2.24, 2.45) is 5.73 Å². The molecule has 12 heteroatoms. The van der Waals surface area contributed by atoms with E-state index in [4.69, 9.17) is 0 Å². The average Bonchev–Trinajstić information content (AvgIpc) is 2.20. The van der Waals surface area contributed by atoms with Crippen molar-refractivity contribution in [3.05, 3.63) is 0 Å². The van der Waals surface area contributed by atoms with Crippen LogP contribution in [0.5, 0.6) is 0 Å². The van der Waals surface area contributed by atoms with Crippen molar-refractivity contribution in [1.82, 2.24) is 0 Å². The van der Waals surface area contributed by atoms with Crippen molar-refractivity contribution in [2.45, 2.75) is 19.8 Å². The Hall–Kier alpha value is -0.790. The highest BCUT2D eigenvalue weighted by Crippen LogP contribution is 1.96. The minimum atomic E-state index is -4.01. The van der Waals surface area contributed by atoms with Gasteiger partial charge in [0.15, 0.2) is 0 Å². The first-order chi connectivity index (χ1) is 11.1. The molecule has 0 aromatic rings. The molecule has 0 spiro atoms. The van der Waals surface area contributed by atoms with E-state index in [1.807, 2.05) is 42.3 Å². The molecule has 0 fully saturated rings. The summed E-state index contributed by atoms with van der Waals surface area (Å²) in [5.41, 5.74) is 4.47. The van der Waals surface area contributed by atoms with E-state index in [2.05, 4.69) is 5.73 Å². The molecule has 0 rings (SSSR count). The number of carbonyl (C=O) groups excluding carboxylic acids is 1. The number of amides is 1. The average molecular weight is 422 g/mol. The van der Waals surface area contributed by atoms with E-state index in [0.717, 1.165) is 0 Å². The Morgan fingerprint density at radius 3 is 1.08 bits per heavy atom. The molecule has 10 nitrogen and oxygen atoms in total. The topological polar surface area (TPSA) is 157 Å². The standard InChI is InChI=1S/2C6H15NO3S.C2H5NO/c2*1-7(2,3)5-4-6-11(8,9)10;1-2(3)4/h2*4-6H2,1-3H3;1H3,(H2,3,4). The van der Waals surface area contributed by atoms with Crippen molar-refractivity contribution in [1.29, 1.82) is 0 Å².